The first kappa shape index (κ1) is 23.8. The molecule has 0 aliphatic carbocycles. The van der Waals surface area contributed by atoms with Crippen molar-refractivity contribution in [3.8, 4) is 5.75 Å². The molecular formula is C26H35N3O3. The van der Waals surface area contributed by atoms with E-state index in [2.05, 4.69) is 22.3 Å². The third-order valence-electron chi connectivity index (χ3n) is 5.84. The molecule has 1 saturated heterocycles. The maximum absolute atomic E-state index is 13.3. The van der Waals surface area contributed by atoms with E-state index in [-0.39, 0.29) is 17.7 Å². The van der Waals surface area contributed by atoms with Crippen LogP contribution in [0.3, 0.4) is 0 Å². The van der Waals surface area contributed by atoms with Crippen LogP contribution in [-0.2, 0) is 16.0 Å². The van der Waals surface area contributed by atoms with Gasteiger partial charge < -0.3 is 15.0 Å². The predicted molar refractivity (Wildman–Crippen MR) is 126 cm³/mol. The molecule has 0 aromatic heterocycles. The highest BCUT2D eigenvalue weighted by atomic mass is 16.5. The number of rotatable bonds is 9. The highest BCUT2D eigenvalue weighted by molar-refractivity contribution is 5.88. The van der Waals surface area contributed by atoms with E-state index >= 15 is 0 Å². The van der Waals surface area contributed by atoms with Gasteiger partial charge in [0.2, 0.25) is 11.8 Å². The minimum atomic E-state index is -0.631. The van der Waals surface area contributed by atoms with Crippen LogP contribution in [0, 0.1) is 5.92 Å². The van der Waals surface area contributed by atoms with Gasteiger partial charge in [-0.3, -0.25) is 14.5 Å². The largest absolute Gasteiger partial charge is 0.497 e. The van der Waals surface area contributed by atoms with Gasteiger partial charge in [0.1, 0.15) is 11.8 Å². The second-order valence-corrected chi connectivity index (χ2v) is 8.77. The summed E-state index contributed by atoms with van der Waals surface area (Å²) in [5.41, 5.74) is 2.11. The second kappa shape index (κ2) is 11.7. The molecule has 1 N–H and O–H groups in total. The lowest BCUT2D eigenvalue weighted by atomic mass is 10.0. The van der Waals surface area contributed by atoms with Gasteiger partial charge in [-0.05, 0) is 35.6 Å². The maximum Gasteiger partial charge on any atom is 0.249 e. The Bertz CT molecular complexity index is 860. The van der Waals surface area contributed by atoms with Crippen molar-refractivity contribution in [1.82, 2.24) is 15.1 Å². The molecule has 0 spiro atoms. The third kappa shape index (κ3) is 6.82. The van der Waals surface area contributed by atoms with Crippen LogP contribution in [0.25, 0.3) is 0 Å². The second-order valence-electron chi connectivity index (χ2n) is 8.77. The SMILES string of the molecule is COc1ccc(CCN2CCN(C(=O)C(NC(=O)CC(C)C)c3ccccc3)CC2)cc1. The Morgan fingerprint density at radius 1 is 0.969 bits per heavy atom. The monoisotopic (exact) mass is 437 g/mol. The van der Waals surface area contributed by atoms with Crippen molar-refractivity contribution in [1.29, 1.82) is 0 Å². The van der Waals surface area contributed by atoms with E-state index in [4.69, 9.17) is 4.74 Å². The molecule has 1 heterocycles. The van der Waals surface area contributed by atoms with Crippen LogP contribution in [0.2, 0.25) is 0 Å². The first-order valence-electron chi connectivity index (χ1n) is 11.4. The number of piperazine rings is 1. The Morgan fingerprint density at radius 2 is 1.62 bits per heavy atom. The Hall–Kier alpha value is -2.86. The zero-order chi connectivity index (χ0) is 22.9. The quantitative estimate of drug-likeness (QED) is 0.654. The Labute approximate surface area is 191 Å². The topological polar surface area (TPSA) is 61.9 Å². The molecule has 2 aromatic rings. The van der Waals surface area contributed by atoms with E-state index in [1.165, 1.54) is 5.56 Å². The van der Waals surface area contributed by atoms with E-state index < -0.39 is 6.04 Å². The number of benzene rings is 2. The molecule has 1 aliphatic rings. The van der Waals surface area contributed by atoms with Crippen molar-refractivity contribution < 1.29 is 14.3 Å². The molecule has 1 unspecified atom stereocenters. The normalized spacial score (nSPS) is 15.4. The van der Waals surface area contributed by atoms with Crippen LogP contribution in [0.5, 0.6) is 5.75 Å². The molecule has 32 heavy (non-hydrogen) atoms. The van der Waals surface area contributed by atoms with Crippen LogP contribution < -0.4 is 10.1 Å². The molecule has 0 saturated carbocycles. The molecule has 0 radical (unpaired) electrons. The molecule has 3 rings (SSSR count). The van der Waals surface area contributed by atoms with E-state index in [0.29, 0.717) is 19.5 Å². The van der Waals surface area contributed by atoms with Crippen LogP contribution >= 0.6 is 0 Å². The van der Waals surface area contributed by atoms with Gasteiger partial charge in [0.05, 0.1) is 7.11 Å². The maximum atomic E-state index is 13.3. The fourth-order valence-corrected chi connectivity index (χ4v) is 3.98. The lowest BCUT2D eigenvalue weighted by Crippen LogP contribution is -2.52. The number of ether oxygens (including phenoxy) is 1. The molecule has 6 heteroatoms. The van der Waals surface area contributed by atoms with Gasteiger partial charge in [-0.25, -0.2) is 0 Å². The molecule has 1 atom stereocenters. The van der Waals surface area contributed by atoms with Crippen molar-refractivity contribution >= 4 is 11.8 Å². The van der Waals surface area contributed by atoms with E-state index in [0.717, 1.165) is 37.4 Å². The smallest absolute Gasteiger partial charge is 0.249 e. The van der Waals surface area contributed by atoms with E-state index in [1.54, 1.807) is 7.11 Å². The van der Waals surface area contributed by atoms with Crippen LogP contribution in [0.4, 0.5) is 0 Å². The van der Waals surface area contributed by atoms with E-state index in [9.17, 15) is 9.59 Å². The summed E-state index contributed by atoms with van der Waals surface area (Å²) in [7, 11) is 1.67. The Balaban J connectivity index is 1.55. The first-order valence-corrected chi connectivity index (χ1v) is 11.4. The van der Waals surface area contributed by atoms with Crippen molar-refractivity contribution in [2.24, 2.45) is 5.92 Å². The standard InChI is InChI=1S/C26H35N3O3/c1-20(2)19-24(30)27-25(22-7-5-4-6-8-22)26(31)29-17-15-28(16-18-29)14-13-21-9-11-23(32-3)12-10-21/h4-12,20,25H,13-19H2,1-3H3,(H,27,30). The zero-order valence-corrected chi connectivity index (χ0v) is 19.4. The van der Waals surface area contributed by atoms with Crippen LogP contribution in [-0.4, -0.2) is 61.4 Å². The number of carbonyl (C=O) groups excluding carboxylic acids is 2. The molecule has 0 bridgehead atoms. The van der Waals surface area contributed by atoms with Gasteiger partial charge in [-0.2, -0.15) is 0 Å². The van der Waals surface area contributed by atoms with Crippen molar-refractivity contribution in [3.63, 3.8) is 0 Å². The Morgan fingerprint density at radius 3 is 2.22 bits per heavy atom. The van der Waals surface area contributed by atoms with Gasteiger partial charge in [0.15, 0.2) is 0 Å². The number of amides is 2. The van der Waals surface area contributed by atoms with E-state index in [1.807, 2.05) is 61.2 Å². The van der Waals surface area contributed by atoms with Crippen LogP contribution in [0.15, 0.2) is 54.6 Å². The number of nitrogens with zero attached hydrogens (tertiary/aromatic N) is 2. The summed E-state index contributed by atoms with van der Waals surface area (Å²) in [6.45, 7) is 7.98. The van der Waals surface area contributed by atoms with Gasteiger partial charge in [-0.1, -0.05) is 56.3 Å². The summed E-state index contributed by atoms with van der Waals surface area (Å²) in [6, 6.07) is 17.1. The average Bonchev–Trinajstić information content (AvgIpc) is 2.81. The number of carbonyl (C=O) groups is 2. The fourth-order valence-electron chi connectivity index (χ4n) is 3.98. The summed E-state index contributed by atoms with van der Waals surface area (Å²) in [6.07, 6.45) is 1.38. The highest BCUT2D eigenvalue weighted by Gasteiger charge is 2.29. The summed E-state index contributed by atoms with van der Waals surface area (Å²) < 4.78 is 5.22. The molecule has 1 aliphatic heterocycles. The van der Waals surface area contributed by atoms with Gasteiger partial charge >= 0.3 is 0 Å². The minimum absolute atomic E-state index is 0.0249. The highest BCUT2D eigenvalue weighted by Crippen LogP contribution is 2.18. The molecule has 1 fully saturated rings. The van der Waals surface area contributed by atoms with Crippen LogP contribution in [0.1, 0.15) is 37.4 Å². The fraction of sp³-hybridized carbons (Fsp3) is 0.462. The third-order valence-corrected chi connectivity index (χ3v) is 5.84. The molecular weight excluding hydrogens is 402 g/mol. The summed E-state index contributed by atoms with van der Waals surface area (Å²) in [5, 5.41) is 2.97. The van der Waals surface area contributed by atoms with Crippen molar-refractivity contribution in [2.45, 2.75) is 32.7 Å². The van der Waals surface area contributed by atoms with Gasteiger partial charge in [-0.15, -0.1) is 0 Å². The molecule has 2 aromatic carbocycles. The average molecular weight is 438 g/mol. The predicted octanol–water partition coefficient (Wildman–Crippen LogP) is 3.29. The number of hydrogen-bond acceptors (Lipinski definition) is 4. The first-order chi connectivity index (χ1) is 15.5. The summed E-state index contributed by atoms with van der Waals surface area (Å²) >= 11 is 0. The summed E-state index contributed by atoms with van der Waals surface area (Å²) in [4.78, 5) is 30.1. The van der Waals surface area contributed by atoms with Gasteiger partial charge in [0.25, 0.3) is 0 Å². The number of methoxy groups -OCH3 is 1. The van der Waals surface area contributed by atoms with Crippen molar-refractivity contribution in [3.05, 3.63) is 65.7 Å². The minimum Gasteiger partial charge on any atom is -0.497 e. The zero-order valence-electron chi connectivity index (χ0n) is 19.4. The lowest BCUT2D eigenvalue weighted by Gasteiger charge is -2.36. The molecule has 2 amide bonds. The molecule has 172 valence electrons. The number of hydrogen-bond donors (Lipinski definition) is 1. The Kier molecular flexibility index (Phi) is 8.68. The number of nitrogens with one attached hydrogen (secondary N) is 1. The molecule has 6 nitrogen and oxygen atoms in total. The van der Waals surface area contributed by atoms with Gasteiger partial charge in [0, 0.05) is 39.1 Å². The summed E-state index contributed by atoms with van der Waals surface area (Å²) in [5.74, 6) is 1.01. The van der Waals surface area contributed by atoms with Crippen molar-refractivity contribution in [2.75, 3.05) is 39.8 Å². The lowest BCUT2D eigenvalue weighted by molar-refractivity contribution is -0.138.